The molecule has 0 aromatic carbocycles. The molecule has 0 atom stereocenters. The molecule has 0 saturated heterocycles. The maximum atomic E-state index is 11.7. The highest BCUT2D eigenvalue weighted by Gasteiger charge is 2.24. The summed E-state index contributed by atoms with van der Waals surface area (Å²) in [5.74, 6) is -0.166. The Morgan fingerprint density at radius 3 is 2.88 bits per heavy atom. The molecule has 1 amide bonds. The van der Waals surface area contributed by atoms with Crippen LogP contribution in [0.3, 0.4) is 0 Å². The molecule has 0 fully saturated rings. The van der Waals surface area contributed by atoms with Crippen LogP contribution in [-0.4, -0.2) is 28.5 Å². The number of carbonyl (C=O) groups is 1. The van der Waals surface area contributed by atoms with E-state index in [1.54, 1.807) is 32.2 Å². The SMILES string of the molecule is CC(C)(CNC(=O)c1cccnc1)/C(N)=N/O. The van der Waals surface area contributed by atoms with Gasteiger partial charge in [0.2, 0.25) is 0 Å². The Bertz CT molecular complexity index is 415. The molecule has 0 spiro atoms. The van der Waals surface area contributed by atoms with E-state index in [0.29, 0.717) is 5.56 Å². The van der Waals surface area contributed by atoms with Crippen molar-refractivity contribution in [2.75, 3.05) is 6.54 Å². The van der Waals surface area contributed by atoms with Crippen LogP contribution >= 0.6 is 0 Å². The van der Waals surface area contributed by atoms with Gasteiger partial charge in [0.15, 0.2) is 0 Å². The Morgan fingerprint density at radius 2 is 2.35 bits per heavy atom. The van der Waals surface area contributed by atoms with Crippen LogP contribution in [-0.2, 0) is 0 Å². The van der Waals surface area contributed by atoms with Crippen LogP contribution in [0.5, 0.6) is 0 Å². The Labute approximate surface area is 99.5 Å². The van der Waals surface area contributed by atoms with Crippen molar-refractivity contribution in [1.82, 2.24) is 10.3 Å². The van der Waals surface area contributed by atoms with Gasteiger partial charge in [0.25, 0.3) is 5.91 Å². The van der Waals surface area contributed by atoms with Crippen molar-refractivity contribution in [3.8, 4) is 0 Å². The van der Waals surface area contributed by atoms with E-state index in [0.717, 1.165) is 0 Å². The zero-order valence-corrected chi connectivity index (χ0v) is 9.84. The van der Waals surface area contributed by atoms with E-state index in [2.05, 4.69) is 15.5 Å². The second-order valence-corrected chi connectivity index (χ2v) is 4.29. The van der Waals surface area contributed by atoms with Gasteiger partial charge < -0.3 is 16.3 Å². The summed E-state index contributed by atoms with van der Waals surface area (Å²) in [5.41, 5.74) is 5.38. The zero-order valence-electron chi connectivity index (χ0n) is 9.84. The second-order valence-electron chi connectivity index (χ2n) is 4.29. The minimum absolute atomic E-state index is 0.0731. The molecule has 17 heavy (non-hydrogen) atoms. The third-order valence-corrected chi connectivity index (χ3v) is 2.42. The summed E-state index contributed by atoms with van der Waals surface area (Å²) >= 11 is 0. The Hall–Kier alpha value is -2.11. The van der Waals surface area contributed by atoms with Gasteiger partial charge in [-0.15, -0.1) is 0 Å². The molecule has 6 nitrogen and oxygen atoms in total. The van der Waals surface area contributed by atoms with E-state index in [4.69, 9.17) is 10.9 Å². The molecule has 0 aliphatic heterocycles. The number of pyridine rings is 1. The lowest BCUT2D eigenvalue weighted by Crippen LogP contribution is -2.42. The number of oxime groups is 1. The number of aromatic nitrogens is 1. The number of nitrogens with one attached hydrogen (secondary N) is 1. The van der Waals surface area contributed by atoms with Crippen molar-refractivity contribution < 1.29 is 10.0 Å². The number of amides is 1. The van der Waals surface area contributed by atoms with Gasteiger partial charge in [-0.05, 0) is 12.1 Å². The second kappa shape index (κ2) is 5.29. The van der Waals surface area contributed by atoms with Crippen molar-refractivity contribution in [1.29, 1.82) is 0 Å². The van der Waals surface area contributed by atoms with Gasteiger partial charge in [-0.1, -0.05) is 19.0 Å². The normalized spacial score (nSPS) is 12.2. The Morgan fingerprint density at radius 1 is 1.65 bits per heavy atom. The van der Waals surface area contributed by atoms with Crippen molar-refractivity contribution in [3.63, 3.8) is 0 Å². The molecular formula is C11H16N4O2. The molecule has 1 aromatic heterocycles. The summed E-state index contributed by atoms with van der Waals surface area (Å²) in [6, 6.07) is 3.35. The van der Waals surface area contributed by atoms with Gasteiger partial charge >= 0.3 is 0 Å². The summed E-state index contributed by atoms with van der Waals surface area (Å²) in [4.78, 5) is 15.6. The monoisotopic (exact) mass is 236 g/mol. The van der Waals surface area contributed by atoms with E-state index in [1.165, 1.54) is 6.20 Å². The first-order valence-electron chi connectivity index (χ1n) is 5.13. The molecule has 0 aliphatic rings. The summed E-state index contributed by atoms with van der Waals surface area (Å²) in [6.45, 7) is 3.81. The molecule has 0 radical (unpaired) electrons. The molecule has 0 bridgehead atoms. The number of carbonyl (C=O) groups excluding carboxylic acids is 1. The maximum Gasteiger partial charge on any atom is 0.252 e. The molecule has 1 rings (SSSR count). The Kier molecular flexibility index (Phi) is 4.03. The molecule has 6 heteroatoms. The zero-order chi connectivity index (χ0) is 12.9. The van der Waals surface area contributed by atoms with Gasteiger partial charge in [0, 0.05) is 24.4 Å². The van der Waals surface area contributed by atoms with Crippen LogP contribution in [0.4, 0.5) is 0 Å². The topological polar surface area (TPSA) is 101 Å². The van der Waals surface area contributed by atoms with E-state index < -0.39 is 5.41 Å². The summed E-state index contributed by atoms with van der Waals surface area (Å²) < 4.78 is 0. The fourth-order valence-corrected chi connectivity index (χ4v) is 1.13. The van der Waals surface area contributed by atoms with Gasteiger partial charge in [0.05, 0.1) is 5.56 Å². The molecule has 0 saturated carbocycles. The largest absolute Gasteiger partial charge is 0.409 e. The smallest absolute Gasteiger partial charge is 0.252 e. The van der Waals surface area contributed by atoms with Crippen molar-refractivity contribution >= 4 is 11.7 Å². The van der Waals surface area contributed by atoms with E-state index in [1.807, 2.05) is 0 Å². The van der Waals surface area contributed by atoms with Crippen LogP contribution in [0.1, 0.15) is 24.2 Å². The first-order chi connectivity index (χ1) is 7.97. The van der Waals surface area contributed by atoms with Crippen LogP contribution < -0.4 is 11.1 Å². The summed E-state index contributed by atoms with van der Waals surface area (Å²) in [5, 5.41) is 14.2. The summed E-state index contributed by atoms with van der Waals surface area (Å²) in [6.07, 6.45) is 3.07. The van der Waals surface area contributed by atoms with Crippen molar-refractivity contribution in [3.05, 3.63) is 30.1 Å². The van der Waals surface area contributed by atoms with E-state index in [9.17, 15) is 4.79 Å². The third kappa shape index (κ3) is 3.44. The molecule has 0 unspecified atom stereocenters. The third-order valence-electron chi connectivity index (χ3n) is 2.42. The van der Waals surface area contributed by atoms with Gasteiger partial charge in [-0.25, -0.2) is 0 Å². The van der Waals surface area contributed by atoms with Crippen molar-refractivity contribution in [2.45, 2.75) is 13.8 Å². The predicted octanol–water partition coefficient (Wildman–Crippen LogP) is 0.584. The molecule has 4 N–H and O–H groups in total. The first kappa shape index (κ1) is 13.0. The highest BCUT2D eigenvalue weighted by atomic mass is 16.4. The lowest BCUT2D eigenvalue weighted by Gasteiger charge is -2.22. The standard InChI is InChI=1S/C11H16N4O2/c1-11(2,10(12)15-17)7-14-9(16)8-4-3-5-13-6-8/h3-6,17H,7H2,1-2H3,(H2,12,15)(H,14,16). The van der Waals surface area contributed by atoms with E-state index >= 15 is 0 Å². The van der Waals surface area contributed by atoms with Crippen LogP contribution in [0.15, 0.2) is 29.7 Å². The van der Waals surface area contributed by atoms with E-state index in [-0.39, 0.29) is 18.3 Å². The molecular weight excluding hydrogens is 220 g/mol. The summed E-state index contributed by atoms with van der Waals surface area (Å²) in [7, 11) is 0. The first-order valence-corrected chi connectivity index (χ1v) is 5.13. The molecule has 92 valence electrons. The predicted molar refractivity (Wildman–Crippen MR) is 63.8 cm³/mol. The fourth-order valence-electron chi connectivity index (χ4n) is 1.13. The number of rotatable bonds is 4. The lowest BCUT2D eigenvalue weighted by atomic mass is 9.92. The number of hydrogen-bond donors (Lipinski definition) is 3. The highest BCUT2D eigenvalue weighted by molar-refractivity contribution is 5.94. The van der Waals surface area contributed by atoms with Crippen LogP contribution in [0.25, 0.3) is 0 Å². The van der Waals surface area contributed by atoms with Crippen LogP contribution in [0.2, 0.25) is 0 Å². The number of hydrogen-bond acceptors (Lipinski definition) is 4. The minimum atomic E-state index is -0.605. The van der Waals surface area contributed by atoms with Crippen LogP contribution in [0, 0.1) is 5.41 Å². The molecule has 1 aromatic rings. The van der Waals surface area contributed by atoms with Gasteiger partial charge in [0.1, 0.15) is 5.84 Å². The molecule has 1 heterocycles. The van der Waals surface area contributed by atoms with Crippen molar-refractivity contribution in [2.24, 2.45) is 16.3 Å². The fraction of sp³-hybridized carbons (Fsp3) is 0.364. The number of amidine groups is 1. The highest BCUT2D eigenvalue weighted by Crippen LogP contribution is 2.13. The Balaban J connectivity index is 2.61. The number of nitrogens with two attached hydrogens (primary N) is 1. The number of nitrogens with zero attached hydrogens (tertiary/aromatic N) is 2. The average Bonchev–Trinajstić information content (AvgIpc) is 2.36. The van der Waals surface area contributed by atoms with Gasteiger partial charge in [-0.3, -0.25) is 9.78 Å². The minimum Gasteiger partial charge on any atom is -0.409 e. The maximum absolute atomic E-state index is 11.7. The lowest BCUT2D eigenvalue weighted by molar-refractivity contribution is 0.0944. The molecule has 0 aliphatic carbocycles. The quantitative estimate of drug-likeness (QED) is 0.308. The average molecular weight is 236 g/mol. The van der Waals surface area contributed by atoms with Gasteiger partial charge in [-0.2, -0.15) is 0 Å².